The minimum atomic E-state index is -0.576. The Morgan fingerprint density at radius 3 is 3.05 bits per heavy atom. The Hall–Kier alpha value is -1.96. The highest BCUT2D eigenvalue weighted by atomic mass is 16.6. The van der Waals surface area contributed by atoms with Gasteiger partial charge in [-0.15, -0.1) is 0 Å². The van der Waals surface area contributed by atoms with Crippen molar-refractivity contribution in [3.05, 3.63) is 22.5 Å². The molecule has 1 amide bonds. The summed E-state index contributed by atoms with van der Waals surface area (Å²) in [6.07, 6.45) is 5.89. The Balaban J connectivity index is 1.97. The van der Waals surface area contributed by atoms with Crippen molar-refractivity contribution in [1.82, 2.24) is 15.1 Å². The van der Waals surface area contributed by atoms with E-state index in [1.165, 1.54) is 10.9 Å². The third kappa shape index (κ3) is 3.78. The molecule has 1 aromatic rings. The maximum absolute atomic E-state index is 12.1. The summed E-state index contributed by atoms with van der Waals surface area (Å²) in [6, 6.07) is 0. The third-order valence-electron chi connectivity index (χ3n) is 3.93. The molecule has 1 aromatic heterocycles. The largest absolute Gasteiger partial charge is 0.394 e. The fourth-order valence-electron chi connectivity index (χ4n) is 2.97. The molecule has 1 saturated carbocycles. The molecule has 116 valence electrons. The second-order valence-corrected chi connectivity index (χ2v) is 5.84. The predicted octanol–water partition coefficient (Wildman–Crippen LogP) is 0.849. The standard InChI is InChI=1S/C13H20N4O4/c1-10-3-2-4-13(5-10,9-18)15-12(19)8-16-7-11(6-14-16)17(20)21/h6-7,10,18H,2-5,8-9H2,1H3,(H,15,19). The normalized spacial score (nSPS) is 25.5. The molecule has 0 aromatic carbocycles. The van der Waals surface area contributed by atoms with Gasteiger partial charge in [0.15, 0.2) is 0 Å². The number of hydrogen-bond acceptors (Lipinski definition) is 5. The molecular weight excluding hydrogens is 276 g/mol. The van der Waals surface area contributed by atoms with Gasteiger partial charge >= 0.3 is 5.69 Å². The molecule has 0 bridgehead atoms. The third-order valence-corrected chi connectivity index (χ3v) is 3.93. The van der Waals surface area contributed by atoms with Gasteiger partial charge in [-0.25, -0.2) is 0 Å². The number of nitrogens with zero attached hydrogens (tertiary/aromatic N) is 3. The van der Waals surface area contributed by atoms with Crippen LogP contribution in [0.4, 0.5) is 5.69 Å². The number of carbonyl (C=O) groups excluding carboxylic acids is 1. The van der Waals surface area contributed by atoms with Gasteiger partial charge < -0.3 is 10.4 Å². The summed E-state index contributed by atoms with van der Waals surface area (Å²) in [4.78, 5) is 22.1. The van der Waals surface area contributed by atoms with E-state index in [9.17, 15) is 20.0 Å². The molecule has 0 radical (unpaired) electrons. The number of amides is 1. The van der Waals surface area contributed by atoms with Crippen molar-refractivity contribution < 1.29 is 14.8 Å². The van der Waals surface area contributed by atoms with E-state index in [0.717, 1.165) is 31.9 Å². The zero-order valence-electron chi connectivity index (χ0n) is 12.0. The molecule has 0 aliphatic heterocycles. The quantitative estimate of drug-likeness (QED) is 0.618. The summed E-state index contributed by atoms with van der Waals surface area (Å²) < 4.78 is 1.23. The van der Waals surface area contributed by atoms with Crippen LogP contribution in [0.15, 0.2) is 12.4 Å². The molecule has 1 aliphatic rings. The number of aliphatic hydroxyl groups is 1. The number of carbonyl (C=O) groups is 1. The van der Waals surface area contributed by atoms with E-state index in [1.54, 1.807) is 0 Å². The topological polar surface area (TPSA) is 110 Å². The van der Waals surface area contributed by atoms with Crippen molar-refractivity contribution >= 4 is 11.6 Å². The second kappa shape index (κ2) is 6.21. The van der Waals surface area contributed by atoms with Crippen molar-refractivity contribution in [1.29, 1.82) is 0 Å². The van der Waals surface area contributed by atoms with Crippen molar-refractivity contribution in [2.75, 3.05) is 6.61 Å². The maximum Gasteiger partial charge on any atom is 0.307 e. The number of rotatable bonds is 5. The Morgan fingerprint density at radius 2 is 2.48 bits per heavy atom. The summed E-state index contributed by atoms with van der Waals surface area (Å²) in [7, 11) is 0. The smallest absolute Gasteiger partial charge is 0.307 e. The van der Waals surface area contributed by atoms with Crippen LogP contribution in [0.5, 0.6) is 0 Å². The van der Waals surface area contributed by atoms with Crippen LogP contribution in [-0.4, -0.2) is 37.9 Å². The minimum absolute atomic E-state index is 0.0933. The Morgan fingerprint density at radius 1 is 1.71 bits per heavy atom. The van der Waals surface area contributed by atoms with Gasteiger partial charge in [0.1, 0.15) is 18.9 Å². The van der Waals surface area contributed by atoms with Crippen LogP contribution in [0, 0.1) is 16.0 Å². The van der Waals surface area contributed by atoms with Crippen molar-refractivity contribution in [2.45, 2.75) is 44.7 Å². The van der Waals surface area contributed by atoms with E-state index < -0.39 is 10.5 Å². The summed E-state index contributed by atoms with van der Waals surface area (Å²) in [6.45, 7) is 1.92. The number of nitrogens with one attached hydrogen (secondary N) is 1. The number of nitro groups is 1. The fourth-order valence-corrected chi connectivity index (χ4v) is 2.97. The molecule has 21 heavy (non-hydrogen) atoms. The van der Waals surface area contributed by atoms with Crippen LogP contribution in [0.3, 0.4) is 0 Å². The van der Waals surface area contributed by atoms with Gasteiger partial charge in [0.2, 0.25) is 5.91 Å². The first kappa shape index (κ1) is 15.4. The van der Waals surface area contributed by atoms with Crippen molar-refractivity contribution in [3.8, 4) is 0 Å². The van der Waals surface area contributed by atoms with E-state index in [1.807, 2.05) is 0 Å². The van der Waals surface area contributed by atoms with Crippen LogP contribution < -0.4 is 5.32 Å². The average molecular weight is 296 g/mol. The molecule has 1 fully saturated rings. The van der Waals surface area contributed by atoms with Gasteiger partial charge in [0.25, 0.3) is 0 Å². The first-order chi connectivity index (χ1) is 9.94. The lowest BCUT2D eigenvalue weighted by Gasteiger charge is -2.39. The molecule has 8 heteroatoms. The summed E-state index contributed by atoms with van der Waals surface area (Å²) in [5.41, 5.74) is -0.723. The van der Waals surface area contributed by atoms with Gasteiger partial charge in [-0.3, -0.25) is 19.6 Å². The summed E-state index contributed by atoms with van der Waals surface area (Å²) in [5.74, 6) is 0.160. The van der Waals surface area contributed by atoms with Crippen LogP contribution in [0.2, 0.25) is 0 Å². The van der Waals surface area contributed by atoms with E-state index in [4.69, 9.17) is 0 Å². The SMILES string of the molecule is CC1CCCC(CO)(NC(=O)Cn2cc([N+](=O)[O-])cn2)C1. The first-order valence-corrected chi connectivity index (χ1v) is 7.03. The molecular formula is C13H20N4O4. The van der Waals surface area contributed by atoms with Gasteiger partial charge in [0, 0.05) is 0 Å². The number of aliphatic hydroxyl groups excluding tert-OH is 1. The zero-order valence-corrected chi connectivity index (χ0v) is 12.0. The molecule has 2 unspecified atom stereocenters. The second-order valence-electron chi connectivity index (χ2n) is 5.84. The van der Waals surface area contributed by atoms with Gasteiger partial charge in [-0.1, -0.05) is 19.8 Å². The minimum Gasteiger partial charge on any atom is -0.394 e. The lowest BCUT2D eigenvalue weighted by molar-refractivity contribution is -0.385. The zero-order chi connectivity index (χ0) is 15.5. The molecule has 2 N–H and O–H groups in total. The highest BCUT2D eigenvalue weighted by Crippen LogP contribution is 2.31. The summed E-state index contributed by atoms with van der Waals surface area (Å²) >= 11 is 0. The molecule has 2 atom stereocenters. The highest BCUT2D eigenvalue weighted by molar-refractivity contribution is 5.76. The van der Waals surface area contributed by atoms with Gasteiger partial charge in [-0.05, 0) is 18.8 Å². The van der Waals surface area contributed by atoms with Gasteiger partial charge in [-0.2, -0.15) is 5.10 Å². The van der Waals surface area contributed by atoms with Crippen LogP contribution in [0.25, 0.3) is 0 Å². The Bertz CT molecular complexity index is 530. The van der Waals surface area contributed by atoms with Crippen LogP contribution in [-0.2, 0) is 11.3 Å². The van der Waals surface area contributed by atoms with E-state index in [-0.39, 0.29) is 24.7 Å². The molecule has 1 aliphatic carbocycles. The number of hydrogen-bond donors (Lipinski definition) is 2. The molecule has 1 heterocycles. The Labute approximate surface area is 122 Å². The van der Waals surface area contributed by atoms with Gasteiger partial charge in [0.05, 0.1) is 17.1 Å². The average Bonchev–Trinajstić information content (AvgIpc) is 2.87. The monoisotopic (exact) mass is 296 g/mol. The lowest BCUT2D eigenvalue weighted by Crippen LogP contribution is -2.54. The van der Waals surface area contributed by atoms with Crippen LogP contribution in [0.1, 0.15) is 32.6 Å². The lowest BCUT2D eigenvalue weighted by atomic mass is 9.77. The Kier molecular flexibility index (Phi) is 4.56. The van der Waals surface area contributed by atoms with E-state index in [0.29, 0.717) is 5.92 Å². The highest BCUT2D eigenvalue weighted by Gasteiger charge is 2.35. The molecule has 0 saturated heterocycles. The van der Waals surface area contributed by atoms with Crippen molar-refractivity contribution in [3.63, 3.8) is 0 Å². The predicted molar refractivity (Wildman–Crippen MR) is 74.5 cm³/mol. The summed E-state index contributed by atoms with van der Waals surface area (Å²) in [5, 5.41) is 26.9. The molecule has 0 spiro atoms. The fraction of sp³-hybridized carbons (Fsp3) is 0.692. The molecule has 2 rings (SSSR count). The first-order valence-electron chi connectivity index (χ1n) is 7.03. The van der Waals surface area contributed by atoms with E-state index >= 15 is 0 Å². The maximum atomic E-state index is 12.1. The van der Waals surface area contributed by atoms with Crippen molar-refractivity contribution in [2.24, 2.45) is 5.92 Å². The van der Waals surface area contributed by atoms with E-state index in [2.05, 4.69) is 17.3 Å². The van der Waals surface area contributed by atoms with Crippen LogP contribution >= 0.6 is 0 Å². The molecule has 8 nitrogen and oxygen atoms in total. The number of aromatic nitrogens is 2.